The molecular weight excluding hydrogens is 228 g/mol. The third-order valence-electron chi connectivity index (χ3n) is 3.90. The Hall–Kier alpha value is -1.51. The van der Waals surface area contributed by atoms with Crippen LogP contribution in [0.4, 0.5) is 0 Å². The van der Waals surface area contributed by atoms with Gasteiger partial charge in [-0.25, -0.2) is 0 Å². The van der Waals surface area contributed by atoms with E-state index >= 15 is 0 Å². The Morgan fingerprint density at radius 1 is 1.50 bits per heavy atom. The summed E-state index contributed by atoms with van der Waals surface area (Å²) in [5.74, 6) is 0.897. The van der Waals surface area contributed by atoms with E-state index < -0.39 is 5.97 Å². The Labute approximate surface area is 108 Å². The normalized spacial score (nSPS) is 23.4. The number of carboxylic acid groups (broad SMARTS) is 1. The van der Waals surface area contributed by atoms with E-state index in [-0.39, 0.29) is 5.92 Å². The lowest BCUT2D eigenvalue weighted by atomic mass is 9.90. The summed E-state index contributed by atoms with van der Waals surface area (Å²) >= 11 is 0. The van der Waals surface area contributed by atoms with Gasteiger partial charge in [0.05, 0.1) is 13.0 Å². The minimum Gasteiger partial charge on any atom is -0.496 e. The van der Waals surface area contributed by atoms with Crippen molar-refractivity contribution < 1.29 is 14.6 Å². The van der Waals surface area contributed by atoms with Crippen molar-refractivity contribution in [3.8, 4) is 5.75 Å². The zero-order valence-electron chi connectivity index (χ0n) is 10.9. The SMILES string of the molecule is CCC(CC1CC1C(=O)O)c1ccccc1OC. The van der Waals surface area contributed by atoms with E-state index in [0.717, 1.165) is 25.0 Å². The van der Waals surface area contributed by atoms with E-state index in [4.69, 9.17) is 9.84 Å². The van der Waals surface area contributed by atoms with Crippen molar-refractivity contribution >= 4 is 5.97 Å². The molecule has 2 rings (SSSR count). The molecule has 0 amide bonds. The third-order valence-corrected chi connectivity index (χ3v) is 3.90. The lowest BCUT2D eigenvalue weighted by Crippen LogP contribution is -2.05. The summed E-state index contributed by atoms with van der Waals surface area (Å²) in [6.45, 7) is 2.15. The maximum atomic E-state index is 10.9. The first kappa shape index (κ1) is 12.9. The van der Waals surface area contributed by atoms with Crippen LogP contribution in [0.3, 0.4) is 0 Å². The van der Waals surface area contributed by atoms with Gasteiger partial charge in [0.15, 0.2) is 0 Å². The van der Waals surface area contributed by atoms with Crippen molar-refractivity contribution in [3.63, 3.8) is 0 Å². The highest BCUT2D eigenvalue weighted by Crippen LogP contribution is 2.47. The highest BCUT2D eigenvalue weighted by molar-refractivity contribution is 5.73. The van der Waals surface area contributed by atoms with Gasteiger partial charge in [-0.1, -0.05) is 25.1 Å². The van der Waals surface area contributed by atoms with Crippen LogP contribution >= 0.6 is 0 Å². The first-order valence-electron chi connectivity index (χ1n) is 6.53. The molecule has 1 aromatic carbocycles. The summed E-state index contributed by atoms with van der Waals surface area (Å²) in [5, 5.41) is 8.96. The summed E-state index contributed by atoms with van der Waals surface area (Å²) in [6, 6.07) is 8.04. The number of hydrogen-bond acceptors (Lipinski definition) is 2. The summed E-state index contributed by atoms with van der Waals surface area (Å²) < 4.78 is 5.39. The molecule has 0 aliphatic heterocycles. The number of para-hydroxylation sites is 1. The van der Waals surface area contributed by atoms with Crippen molar-refractivity contribution in [3.05, 3.63) is 29.8 Å². The average Bonchev–Trinajstić information content (AvgIpc) is 3.15. The van der Waals surface area contributed by atoms with E-state index in [1.807, 2.05) is 18.2 Å². The lowest BCUT2D eigenvalue weighted by Gasteiger charge is -2.18. The van der Waals surface area contributed by atoms with Crippen molar-refractivity contribution in [2.24, 2.45) is 11.8 Å². The molecule has 3 unspecified atom stereocenters. The minimum atomic E-state index is -0.644. The minimum absolute atomic E-state index is 0.117. The second-order valence-electron chi connectivity index (χ2n) is 5.02. The van der Waals surface area contributed by atoms with Crippen LogP contribution in [0.5, 0.6) is 5.75 Å². The summed E-state index contributed by atoms with van der Waals surface area (Å²) in [7, 11) is 1.68. The summed E-state index contributed by atoms with van der Waals surface area (Å²) in [6.07, 6.45) is 2.80. The van der Waals surface area contributed by atoms with Crippen molar-refractivity contribution in [1.29, 1.82) is 0 Å². The smallest absolute Gasteiger partial charge is 0.306 e. The number of hydrogen-bond donors (Lipinski definition) is 1. The molecule has 0 aromatic heterocycles. The molecule has 1 saturated carbocycles. The maximum Gasteiger partial charge on any atom is 0.306 e. The molecule has 3 atom stereocenters. The molecular formula is C15H20O3. The number of methoxy groups -OCH3 is 1. The van der Waals surface area contributed by atoms with E-state index in [1.54, 1.807) is 7.11 Å². The topological polar surface area (TPSA) is 46.5 Å². The van der Waals surface area contributed by atoms with Gasteiger partial charge in [-0.3, -0.25) is 4.79 Å². The molecule has 0 radical (unpaired) electrons. The highest BCUT2D eigenvalue weighted by Gasteiger charge is 2.44. The molecule has 1 aliphatic rings. The summed E-state index contributed by atoms with van der Waals surface area (Å²) in [5.41, 5.74) is 1.21. The number of benzene rings is 1. The number of ether oxygens (including phenoxy) is 1. The number of carbonyl (C=O) groups is 1. The molecule has 1 aromatic rings. The monoisotopic (exact) mass is 248 g/mol. The van der Waals surface area contributed by atoms with Crippen molar-refractivity contribution in [2.75, 3.05) is 7.11 Å². The second-order valence-corrected chi connectivity index (χ2v) is 5.02. The molecule has 18 heavy (non-hydrogen) atoms. The Morgan fingerprint density at radius 3 is 2.78 bits per heavy atom. The van der Waals surface area contributed by atoms with Gasteiger partial charge in [0, 0.05) is 0 Å². The quantitative estimate of drug-likeness (QED) is 0.840. The molecule has 1 aliphatic carbocycles. The fraction of sp³-hybridized carbons (Fsp3) is 0.533. The molecule has 3 heteroatoms. The standard InChI is InChI=1S/C15H20O3/c1-3-10(8-11-9-13(11)15(16)17)12-6-4-5-7-14(12)18-2/h4-7,10-11,13H,3,8-9H2,1-2H3,(H,16,17). The molecule has 98 valence electrons. The van der Waals surface area contributed by atoms with Crippen LogP contribution in [-0.4, -0.2) is 18.2 Å². The van der Waals surface area contributed by atoms with Crippen LogP contribution in [0.15, 0.2) is 24.3 Å². The van der Waals surface area contributed by atoms with E-state index in [1.165, 1.54) is 5.56 Å². The fourth-order valence-electron chi connectivity index (χ4n) is 2.69. The highest BCUT2D eigenvalue weighted by atomic mass is 16.5. The number of rotatable bonds is 6. The van der Waals surface area contributed by atoms with Crippen LogP contribution in [0.1, 0.15) is 37.7 Å². The van der Waals surface area contributed by atoms with Crippen LogP contribution in [0, 0.1) is 11.8 Å². The maximum absolute atomic E-state index is 10.9. The van der Waals surface area contributed by atoms with Crippen molar-refractivity contribution in [1.82, 2.24) is 0 Å². The van der Waals surface area contributed by atoms with Crippen LogP contribution < -0.4 is 4.74 Å². The number of aliphatic carboxylic acids is 1. The molecule has 0 bridgehead atoms. The largest absolute Gasteiger partial charge is 0.496 e. The second kappa shape index (κ2) is 5.42. The van der Waals surface area contributed by atoms with E-state index in [2.05, 4.69) is 13.0 Å². The fourth-order valence-corrected chi connectivity index (χ4v) is 2.69. The average molecular weight is 248 g/mol. The van der Waals surface area contributed by atoms with E-state index in [0.29, 0.717) is 11.8 Å². The third kappa shape index (κ3) is 2.66. The zero-order valence-corrected chi connectivity index (χ0v) is 10.9. The van der Waals surface area contributed by atoms with Gasteiger partial charge < -0.3 is 9.84 Å². The van der Waals surface area contributed by atoms with Gasteiger partial charge in [-0.15, -0.1) is 0 Å². The van der Waals surface area contributed by atoms with Crippen molar-refractivity contribution in [2.45, 2.75) is 32.1 Å². The first-order valence-corrected chi connectivity index (χ1v) is 6.53. The van der Waals surface area contributed by atoms with Gasteiger partial charge >= 0.3 is 5.97 Å². The van der Waals surface area contributed by atoms with Gasteiger partial charge in [0.1, 0.15) is 5.75 Å². The lowest BCUT2D eigenvalue weighted by molar-refractivity contribution is -0.138. The predicted molar refractivity (Wildman–Crippen MR) is 69.9 cm³/mol. The molecule has 3 nitrogen and oxygen atoms in total. The van der Waals surface area contributed by atoms with Gasteiger partial charge in [-0.05, 0) is 42.7 Å². The van der Waals surface area contributed by atoms with E-state index in [9.17, 15) is 4.79 Å². The predicted octanol–water partition coefficient (Wildman–Crippen LogP) is 3.30. The summed E-state index contributed by atoms with van der Waals surface area (Å²) in [4.78, 5) is 10.9. The van der Waals surface area contributed by atoms with Crippen LogP contribution in [0.2, 0.25) is 0 Å². The zero-order chi connectivity index (χ0) is 13.1. The van der Waals surface area contributed by atoms with Crippen LogP contribution in [0.25, 0.3) is 0 Å². The molecule has 0 heterocycles. The first-order chi connectivity index (χ1) is 8.67. The Morgan fingerprint density at radius 2 is 2.22 bits per heavy atom. The Bertz CT molecular complexity index is 428. The molecule has 0 saturated heterocycles. The molecule has 1 N–H and O–H groups in total. The Kier molecular flexibility index (Phi) is 3.90. The number of carboxylic acids is 1. The van der Waals surface area contributed by atoms with Gasteiger partial charge in [0.25, 0.3) is 0 Å². The van der Waals surface area contributed by atoms with Gasteiger partial charge in [-0.2, -0.15) is 0 Å². The van der Waals surface area contributed by atoms with Gasteiger partial charge in [0.2, 0.25) is 0 Å². The van der Waals surface area contributed by atoms with Crippen LogP contribution in [-0.2, 0) is 4.79 Å². The Balaban J connectivity index is 2.07. The molecule has 0 spiro atoms. The molecule has 1 fully saturated rings.